The Kier molecular flexibility index (Phi) is 6.36. The van der Waals surface area contributed by atoms with Crippen LogP contribution in [-0.4, -0.2) is 61.4 Å². The van der Waals surface area contributed by atoms with Crippen molar-refractivity contribution in [3.8, 4) is 23.4 Å². The second-order valence-electron chi connectivity index (χ2n) is 6.18. The summed E-state index contributed by atoms with van der Waals surface area (Å²) in [6, 6.07) is 7.04. The van der Waals surface area contributed by atoms with Crippen LogP contribution in [0, 0.1) is 0 Å². The van der Waals surface area contributed by atoms with E-state index in [2.05, 4.69) is 15.3 Å². The van der Waals surface area contributed by atoms with E-state index >= 15 is 0 Å². The Morgan fingerprint density at radius 3 is 2.57 bits per heavy atom. The first-order valence-corrected chi connectivity index (χ1v) is 8.94. The Balaban J connectivity index is 1.54. The maximum absolute atomic E-state index is 12.6. The number of ether oxygens (including phenoxy) is 4. The number of urea groups is 1. The lowest BCUT2D eigenvalue weighted by Gasteiger charge is -2.32. The number of carbonyl (C=O) groups excluding carboxylic acids is 1. The van der Waals surface area contributed by atoms with Gasteiger partial charge in [0.25, 0.3) is 0 Å². The van der Waals surface area contributed by atoms with Crippen molar-refractivity contribution in [2.45, 2.75) is 18.9 Å². The van der Waals surface area contributed by atoms with Gasteiger partial charge in [-0.15, -0.1) is 0 Å². The van der Waals surface area contributed by atoms with E-state index in [1.54, 1.807) is 49.6 Å². The van der Waals surface area contributed by atoms with Crippen molar-refractivity contribution < 1.29 is 23.7 Å². The third kappa shape index (κ3) is 4.73. The van der Waals surface area contributed by atoms with Crippen LogP contribution in [0.15, 0.2) is 30.5 Å². The predicted octanol–water partition coefficient (Wildman–Crippen LogP) is 2.58. The lowest BCUT2D eigenvalue weighted by atomic mass is 10.1. The zero-order valence-electron chi connectivity index (χ0n) is 16.2. The topological polar surface area (TPSA) is 95.0 Å². The first-order valence-electron chi connectivity index (χ1n) is 8.94. The van der Waals surface area contributed by atoms with E-state index in [0.29, 0.717) is 49.0 Å². The smallest absolute Gasteiger partial charge is 0.321 e. The molecule has 1 N–H and O–H groups in total. The first-order chi connectivity index (χ1) is 13.6. The molecule has 1 aromatic heterocycles. The van der Waals surface area contributed by atoms with Gasteiger partial charge in [-0.25, -0.2) is 9.78 Å². The molecule has 0 radical (unpaired) electrons. The van der Waals surface area contributed by atoms with Crippen molar-refractivity contribution in [2.75, 3.05) is 39.7 Å². The van der Waals surface area contributed by atoms with Gasteiger partial charge in [-0.2, -0.15) is 4.98 Å². The Morgan fingerprint density at radius 1 is 1.11 bits per heavy atom. The molecule has 1 saturated heterocycles. The fourth-order valence-electron chi connectivity index (χ4n) is 2.93. The number of nitrogens with zero attached hydrogens (tertiary/aromatic N) is 3. The van der Waals surface area contributed by atoms with E-state index in [9.17, 15) is 4.79 Å². The minimum absolute atomic E-state index is 0.0146. The van der Waals surface area contributed by atoms with Crippen LogP contribution in [0.1, 0.15) is 12.8 Å². The number of carbonyl (C=O) groups is 1. The molecule has 0 saturated carbocycles. The van der Waals surface area contributed by atoms with Gasteiger partial charge in [0.05, 0.1) is 27.0 Å². The summed E-state index contributed by atoms with van der Waals surface area (Å²) in [6.07, 6.45) is 2.99. The molecule has 0 aliphatic carbocycles. The zero-order chi connectivity index (χ0) is 19.9. The molecule has 1 aliphatic heterocycles. The van der Waals surface area contributed by atoms with Crippen LogP contribution in [0.2, 0.25) is 0 Å². The molecule has 9 heteroatoms. The maximum Gasteiger partial charge on any atom is 0.321 e. The monoisotopic (exact) mass is 388 g/mol. The predicted molar refractivity (Wildman–Crippen MR) is 102 cm³/mol. The molecule has 28 heavy (non-hydrogen) atoms. The van der Waals surface area contributed by atoms with E-state index in [0.717, 1.165) is 0 Å². The third-order valence-corrected chi connectivity index (χ3v) is 4.46. The van der Waals surface area contributed by atoms with Crippen molar-refractivity contribution in [3.05, 3.63) is 30.5 Å². The standard InChI is InChI=1S/C19H24N4O5/c1-25-14-4-5-15(16(12-14)26-2)21-19(24)23-10-7-13(8-11-23)28-17-6-9-20-18(22-17)27-3/h4-6,9,12-13H,7-8,10-11H2,1-3H3,(H,21,24). The fourth-order valence-corrected chi connectivity index (χ4v) is 2.93. The van der Waals surface area contributed by atoms with Gasteiger partial charge in [-0.05, 0) is 12.1 Å². The third-order valence-electron chi connectivity index (χ3n) is 4.46. The van der Waals surface area contributed by atoms with Crippen LogP contribution in [0.25, 0.3) is 0 Å². The van der Waals surface area contributed by atoms with Crippen LogP contribution < -0.4 is 24.3 Å². The Morgan fingerprint density at radius 2 is 1.89 bits per heavy atom. The van der Waals surface area contributed by atoms with Crippen LogP contribution in [-0.2, 0) is 0 Å². The molecule has 2 amide bonds. The van der Waals surface area contributed by atoms with E-state index in [4.69, 9.17) is 18.9 Å². The van der Waals surface area contributed by atoms with Gasteiger partial charge in [0, 0.05) is 44.3 Å². The van der Waals surface area contributed by atoms with Gasteiger partial charge < -0.3 is 29.2 Å². The number of piperidine rings is 1. The number of amides is 2. The van der Waals surface area contributed by atoms with E-state index < -0.39 is 0 Å². The van der Waals surface area contributed by atoms with E-state index in [-0.39, 0.29) is 18.1 Å². The van der Waals surface area contributed by atoms with Gasteiger partial charge in [0.1, 0.15) is 17.6 Å². The van der Waals surface area contributed by atoms with Crippen molar-refractivity contribution in [1.82, 2.24) is 14.9 Å². The summed E-state index contributed by atoms with van der Waals surface area (Å²) in [6.45, 7) is 1.16. The highest BCUT2D eigenvalue weighted by atomic mass is 16.5. The van der Waals surface area contributed by atoms with Crippen LogP contribution >= 0.6 is 0 Å². The van der Waals surface area contributed by atoms with Crippen molar-refractivity contribution in [1.29, 1.82) is 0 Å². The van der Waals surface area contributed by atoms with Crippen molar-refractivity contribution >= 4 is 11.7 Å². The van der Waals surface area contributed by atoms with Gasteiger partial charge >= 0.3 is 12.0 Å². The number of hydrogen-bond donors (Lipinski definition) is 1. The Bertz CT molecular complexity index is 809. The van der Waals surface area contributed by atoms with Crippen LogP contribution in [0.5, 0.6) is 23.4 Å². The zero-order valence-corrected chi connectivity index (χ0v) is 16.2. The van der Waals surface area contributed by atoms with Crippen molar-refractivity contribution in [2.24, 2.45) is 0 Å². The van der Waals surface area contributed by atoms with Gasteiger partial charge in [0.2, 0.25) is 5.88 Å². The molecule has 1 aromatic carbocycles. The summed E-state index contributed by atoms with van der Waals surface area (Å²) < 4.78 is 21.4. The van der Waals surface area contributed by atoms with E-state index in [1.165, 1.54) is 7.11 Å². The number of nitrogens with one attached hydrogen (secondary N) is 1. The first kappa shape index (κ1) is 19.5. The van der Waals surface area contributed by atoms with Gasteiger partial charge in [0.15, 0.2) is 0 Å². The lowest BCUT2D eigenvalue weighted by Crippen LogP contribution is -2.43. The Hall–Kier alpha value is -3.23. The molecule has 9 nitrogen and oxygen atoms in total. The number of benzene rings is 1. The molecule has 0 unspecified atom stereocenters. The SMILES string of the molecule is COc1ccc(NC(=O)N2CCC(Oc3ccnc(OC)n3)CC2)c(OC)c1. The summed E-state index contributed by atoms with van der Waals surface area (Å²) in [7, 11) is 4.64. The second kappa shape index (κ2) is 9.12. The van der Waals surface area contributed by atoms with Crippen molar-refractivity contribution in [3.63, 3.8) is 0 Å². The molecule has 1 aliphatic rings. The van der Waals surface area contributed by atoms with E-state index in [1.807, 2.05) is 0 Å². The summed E-state index contributed by atoms with van der Waals surface area (Å²) in [5.74, 6) is 1.68. The average Bonchev–Trinajstić information content (AvgIpc) is 2.74. The average molecular weight is 388 g/mol. The molecule has 2 heterocycles. The summed E-state index contributed by atoms with van der Waals surface area (Å²) in [4.78, 5) is 22.5. The highest BCUT2D eigenvalue weighted by Gasteiger charge is 2.25. The normalized spacial score (nSPS) is 14.3. The summed E-state index contributed by atoms with van der Waals surface area (Å²) >= 11 is 0. The fraction of sp³-hybridized carbons (Fsp3) is 0.421. The molecule has 1 fully saturated rings. The van der Waals surface area contributed by atoms with Crippen LogP contribution in [0.3, 0.4) is 0 Å². The molecular formula is C19H24N4O5. The molecule has 0 atom stereocenters. The van der Waals surface area contributed by atoms with Crippen LogP contribution in [0.4, 0.5) is 10.5 Å². The number of likely N-dealkylation sites (tertiary alicyclic amines) is 1. The number of rotatable bonds is 6. The summed E-state index contributed by atoms with van der Waals surface area (Å²) in [5, 5.41) is 2.89. The molecule has 150 valence electrons. The van der Waals surface area contributed by atoms with Gasteiger partial charge in [-0.1, -0.05) is 0 Å². The quantitative estimate of drug-likeness (QED) is 0.813. The minimum Gasteiger partial charge on any atom is -0.497 e. The Labute approximate surface area is 163 Å². The minimum atomic E-state index is -0.175. The summed E-state index contributed by atoms with van der Waals surface area (Å²) in [5.41, 5.74) is 0.597. The lowest BCUT2D eigenvalue weighted by molar-refractivity contribution is 0.110. The number of aromatic nitrogens is 2. The number of methoxy groups -OCH3 is 3. The molecule has 3 rings (SSSR count). The molecule has 0 bridgehead atoms. The molecule has 0 spiro atoms. The molecular weight excluding hydrogens is 364 g/mol. The highest BCUT2D eigenvalue weighted by Crippen LogP contribution is 2.29. The molecule has 2 aromatic rings. The number of hydrogen-bond acceptors (Lipinski definition) is 7. The largest absolute Gasteiger partial charge is 0.497 e. The van der Waals surface area contributed by atoms with Gasteiger partial charge in [-0.3, -0.25) is 0 Å². The maximum atomic E-state index is 12.6. The number of anilines is 1. The highest BCUT2D eigenvalue weighted by molar-refractivity contribution is 5.91. The second-order valence-corrected chi connectivity index (χ2v) is 6.18.